The van der Waals surface area contributed by atoms with E-state index in [1.807, 2.05) is 29.2 Å². The molecule has 2 atom stereocenters. The Morgan fingerprint density at radius 3 is 2.29 bits per heavy atom. The Labute approximate surface area is 430 Å². The molecule has 396 valence electrons. The summed E-state index contributed by atoms with van der Waals surface area (Å²) < 4.78 is 51.5. The van der Waals surface area contributed by atoms with Crippen LogP contribution in [-0.4, -0.2) is 138 Å². The third-order valence-electron chi connectivity index (χ3n) is 16.4. The first-order chi connectivity index (χ1) is 35.2. The third kappa shape index (κ3) is 11.4. The lowest BCUT2D eigenvalue weighted by atomic mass is 9.72. The van der Waals surface area contributed by atoms with Crippen molar-refractivity contribution in [2.45, 2.75) is 113 Å². The minimum atomic E-state index is -4.21. The lowest BCUT2D eigenvalue weighted by molar-refractivity contribution is -0.152. The zero-order valence-corrected chi connectivity index (χ0v) is 42.0. The summed E-state index contributed by atoms with van der Waals surface area (Å²) in [4.78, 5) is 85.4. The van der Waals surface area contributed by atoms with Crippen LogP contribution in [0.3, 0.4) is 0 Å². The number of H-pyrrole nitrogens is 1. The molecule has 0 radical (unpaired) electrons. The van der Waals surface area contributed by atoms with Gasteiger partial charge in [0, 0.05) is 79.7 Å². The molecule has 1 unspecified atom stereocenters. The van der Waals surface area contributed by atoms with Gasteiger partial charge in [0.25, 0.3) is 23.3 Å². The standard InChI is InChI=1S/C54H65FN8O9S.4H2/c55-44-18-15-35(29-45-41-13-4-5-14-42(41)49(66)59-58-45)28-43(44)52(69)62-26-24-61(25-27-62)46(64)31-56-53-19-21-54(22-20-53,72-33-53)34-73(70,71)60-50(67)47(36-8-2-1-3-9-36)57-48(65)39-11-6-10-38(30-39)40-12-7-23-63(32-40)51(68)37-16-17-37;;;;/h4-6,10-11,13-15,18,28,30,36-37,40,47,56H,1-3,7-9,12,16-17,19-27,29,31-34H2,(H,57,65)(H,59,66)(H,60,67);4*1H/t40?,47-,53?,54?;;;;/m1..../s1. The van der Waals surface area contributed by atoms with Crippen molar-refractivity contribution < 1.29 is 47.2 Å². The summed E-state index contributed by atoms with van der Waals surface area (Å²) in [7, 11) is -4.21. The lowest BCUT2D eigenvalue weighted by Gasteiger charge is -2.53. The molecule has 0 spiro atoms. The first-order valence-electron chi connectivity index (χ1n) is 26.1. The van der Waals surface area contributed by atoms with Crippen molar-refractivity contribution in [1.29, 1.82) is 0 Å². The van der Waals surface area contributed by atoms with E-state index < -0.39 is 56.5 Å². The molecule has 7 fully saturated rings. The maximum absolute atomic E-state index is 15.1. The van der Waals surface area contributed by atoms with Crippen LogP contribution in [0.2, 0.25) is 0 Å². The van der Waals surface area contributed by atoms with Gasteiger partial charge in [-0.2, -0.15) is 5.10 Å². The van der Waals surface area contributed by atoms with Gasteiger partial charge in [-0.15, -0.1) is 0 Å². The first-order valence-corrected chi connectivity index (χ1v) is 27.8. The number of carbonyl (C=O) groups is 5. The number of benzene rings is 3. The van der Waals surface area contributed by atoms with Crippen LogP contribution in [0.5, 0.6) is 0 Å². The van der Waals surface area contributed by atoms with Crippen molar-refractivity contribution in [3.05, 3.63) is 111 Å². The SMILES string of the molecule is O=C(N[C@@H](C(=O)NS(=O)(=O)CC12CCC(NCC(=O)N3CCN(C(=O)c4cc(Cc5n[nH]c(=O)c6ccccc56)ccc4F)CC3)(CC1)CO2)C1CCCCC1)c1cccc(C2CCCN(C(=O)C3CC3)C2)c1.[HH].[HH].[HH].[HH]. The van der Waals surface area contributed by atoms with Gasteiger partial charge in [0.15, 0.2) is 0 Å². The van der Waals surface area contributed by atoms with Crippen molar-refractivity contribution in [2.75, 3.05) is 58.2 Å². The Morgan fingerprint density at radius 2 is 1.56 bits per heavy atom. The van der Waals surface area contributed by atoms with Crippen LogP contribution in [0, 0.1) is 17.7 Å². The number of aromatic nitrogens is 2. The minimum Gasteiger partial charge on any atom is -0.372 e. The fourth-order valence-corrected chi connectivity index (χ4v) is 13.5. The molecular weight excluding hydrogens is 956 g/mol. The molecule has 73 heavy (non-hydrogen) atoms. The van der Waals surface area contributed by atoms with E-state index in [-0.39, 0.29) is 92.1 Å². The van der Waals surface area contributed by atoms with Crippen LogP contribution in [0.15, 0.2) is 71.5 Å². The molecule has 3 aromatic carbocycles. The fraction of sp³-hybridized carbons (Fsp3) is 0.537. The van der Waals surface area contributed by atoms with Crippen LogP contribution < -0.4 is 20.9 Å². The molecule has 7 aliphatic rings. The molecule has 11 rings (SSSR count). The number of amides is 5. The van der Waals surface area contributed by atoms with Crippen molar-refractivity contribution in [1.82, 2.24) is 40.3 Å². The molecule has 3 aliphatic carbocycles. The van der Waals surface area contributed by atoms with Gasteiger partial charge in [0.1, 0.15) is 11.9 Å². The van der Waals surface area contributed by atoms with E-state index in [2.05, 4.69) is 25.6 Å². The number of carbonyl (C=O) groups excluding carboxylic acids is 5. The number of nitrogens with one attached hydrogen (secondary N) is 4. The van der Waals surface area contributed by atoms with Crippen LogP contribution in [0.25, 0.3) is 10.8 Å². The highest BCUT2D eigenvalue weighted by atomic mass is 32.2. The number of likely N-dealkylation sites (tertiary alicyclic amines) is 1. The predicted molar refractivity (Wildman–Crippen MR) is 278 cm³/mol. The molecule has 3 saturated carbocycles. The fourth-order valence-electron chi connectivity index (χ4n) is 11.9. The molecule has 5 heterocycles. The normalized spacial score (nSPS) is 24.0. The van der Waals surface area contributed by atoms with Gasteiger partial charge in [-0.1, -0.05) is 55.7 Å². The van der Waals surface area contributed by atoms with Crippen LogP contribution >= 0.6 is 0 Å². The number of fused-ring (bicyclic) bond motifs is 4. The quantitative estimate of drug-likeness (QED) is 0.116. The second kappa shape index (κ2) is 21.1. The van der Waals surface area contributed by atoms with Crippen LogP contribution in [-0.2, 0) is 35.6 Å². The third-order valence-corrected chi connectivity index (χ3v) is 17.8. The second-order valence-corrected chi connectivity index (χ2v) is 23.1. The van der Waals surface area contributed by atoms with Gasteiger partial charge in [0.05, 0.1) is 41.1 Å². The maximum Gasteiger partial charge on any atom is 0.272 e. The Balaban J connectivity index is 0.00000240. The van der Waals surface area contributed by atoms with Crippen molar-refractivity contribution in [3.8, 4) is 0 Å². The Morgan fingerprint density at radius 1 is 0.822 bits per heavy atom. The van der Waals surface area contributed by atoms with E-state index in [0.29, 0.717) is 72.7 Å². The van der Waals surface area contributed by atoms with E-state index in [9.17, 15) is 37.2 Å². The highest BCUT2D eigenvalue weighted by molar-refractivity contribution is 7.90. The van der Waals surface area contributed by atoms with Gasteiger partial charge in [-0.3, -0.25) is 33.5 Å². The average Bonchev–Trinajstić information content (AvgIpc) is 4.27. The van der Waals surface area contributed by atoms with Gasteiger partial charge in [0.2, 0.25) is 21.8 Å². The molecule has 1 aromatic heterocycles. The van der Waals surface area contributed by atoms with E-state index >= 15 is 4.39 Å². The summed E-state index contributed by atoms with van der Waals surface area (Å²) in [6, 6.07) is 17.7. The monoisotopic (exact) mass is 1030 g/mol. The summed E-state index contributed by atoms with van der Waals surface area (Å²) in [5.74, 6) is -2.69. The molecule has 4 aliphatic heterocycles. The second-order valence-electron chi connectivity index (χ2n) is 21.4. The Bertz CT molecular complexity index is 2950. The Kier molecular flexibility index (Phi) is 14.6. The van der Waals surface area contributed by atoms with Gasteiger partial charge >= 0.3 is 0 Å². The van der Waals surface area contributed by atoms with Crippen LogP contribution in [0.1, 0.15) is 133 Å². The smallest absolute Gasteiger partial charge is 0.272 e. The number of rotatable bonds is 15. The first kappa shape index (κ1) is 50.5. The highest BCUT2D eigenvalue weighted by Crippen LogP contribution is 2.44. The summed E-state index contributed by atoms with van der Waals surface area (Å²) in [5, 5.41) is 14.2. The number of nitrogens with zero attached hydrogens (tertiary/aromatic N) is 4. The summed E-state index contributed by atoms with van der Waals surface area (Å²) in [6.45, 7) is 2.52. The van der Waals surface area contributed by atoms with E-state index in [0.717, 1.165) is 57.1 Å². The van der Waals surface area contributed by atoms with E-state index in [4.69, 9.17) is 4.74 Å². The number of aromatic amines is 1. The van der Waals surface area contributed by atoms with E-state index in [1.165, 1.54) is 17.0 Å². The zero-order valence-electron chi connectivity index (χ0n) is 41.2. The number of ether oxygens (including phenoxy) is 1. The molecular formula is C54H73FN8O9S. The number of halogens is 1. The molecule has 19 heteroatoms. The molecule has 17 nitrogen and oxygen atoms in total. The van der Waals surface area contributed by atoms with Crippen molar-refractivity contribution >= 4 is 50.3 Å². The topological polar surface area (TPSA) is 220 Å². The van der Waals surface area contributed by atoms with Crippen LogP contribution in [0.4, 0.5) is 4.39 Å². The van der Waals surface area contributed by atoms with Gasteiger partial charge in [-0.05, 0) is 112 Å². The van der Waals surface area contributed by atoms with Crippen molar-refractivity contribution in [3.63, 3.8) is 0 Å². The number of hydrogen-bond acceptors (Lipinski definition) is 11. The lowest BCUT2D eigenvalue weighted by Crippen LogP contribution is -2.65. The van der Waals surface area contributed by atoms with E-state index in [1.54, 1.807) is 35.2 Å². The molecule has 5 amide bonds. The summed E-state index contributed by atoms with van der Waals surface area (Å²) in [6.07, 6.45) is 9.98. The maximum atomic E-state index is 15.1. The van der Waals surface area contributed by atoms with Gasteiger partial charge in [-0.25, -0.2) is 17.9 Å². The number of piperidine rings is 1. The largest absolute Gasteiger partial charge is 0.372 e. The number of piperazine rings is 1. The molecule has 4 N–H and O–H groups in total. The number of hydrogen-bond donors (Lipinski definition) is 4. The molecule has 4 saturated heterocycles. The minimum absolute atomic E-state index is 0. The molecule has 2 bridgehead atoms. The Hall–Kier alpha value is -6.05. The summed E-state index contributed by atoms with van der Waals surface area (Å²) in [5.41, 5.74) is 0.642. The average molecular weight is 1030 g/mol. The molecule has 4 aromatic rings. The highest BCUT2D eigenvalue weighted by Gasteiger charge is 2.52. The number of sulfonamides is 1. The predicted octanol–water partition coefficient (Wildman–Crippen LogP) is 5.53. The van der Waals surface area contributed by atoms with Gasteiger partial charge < -0.3 is 30.1 Å². The summed E-state index contributed by atoms with van der Waals surface area (Å²) >= 11 is 0. The van der Waals surface area contributed by atoms with Crippen molar-refractivity contribution in [2.24, 2.45) is 11.8 Å². The zero-order chi connectivity index (χ0) is 50.9.